The van der Waals surface area contributed by atoms with Gasteiger partial charge >= 0.3 is 6.01 Å². The molecule has 204 valence electrons. The number of piperazine rings is 1. The van der Waals surface area contributed by atoms with Gasteiger partial charge < -0.3 is 20.3 Å². The molecule has 0 unspecified atom stereocenters. The van der Waals surface area contributed by atoms with Crippen molar-refractivity contribution in [1.29, 1.82) is 0 Å². The first-order valence-corrected chi connectivity index (χ1v) is 13.0. The van der Waals surface area contributed by atoms with Crippen LogP contribution in [0.4, 0.5) is 15.8 Å². The predicted octanol–water partition coefficient (Wildman–Crippen LogP) is 3.46. The van der Waals surface area contributed by atoms with Gasteiger partial charge in [0.1, 0.15) is 17.8 Å². The minimum Gasteiger partial charge on any atom is -0.457 e. The van der Waals surface area contributed by atoms with Gasteiger partial charge in [0.2, 0.25) is 0 Å². The van der Waals surface area contributed by atoms with E-state index in [2.05, 4.69) is 54.6 Å². The minimum atomic E-state index is -0.516. The molecule has 5 aromatic rings. The van der Waals surface area contributed by atoms with Crippen LogP contribution < -0.4 is 20.3 Å². The number of ether oxygens (including phenoxy) is 1. The van der Waals surface area contributed by atoms with Crippen LogP contribution in [-0.4, -0.2) is 61.0 Å². The molecule has 4 heterocycles. The highest BCUT2D eigenvalue weighted by Crippen LogP contribution is 2.31. The average Bonchev–Trinajstić information content (AvgIpc) is 3.32. The van der Waals surface area contributed by atoms with Gasteiger partial charge in [-0.05, 0) is 50.2 Å². The van der Waals surface area contributed by atoms with E-state index in [1.807, 2.05) is 6.07 Å². The zero-order valence-electron chi connectivity index (χ0n) is 22.3. The fourth-order valence-corrected chi connectivity index (χ4v) is 5.17. The summed E-state index contributed by atoms with van der Waals surface area (Å²) in [7, 11) is 1.72. The van der Waals surface area contributed by atoms with Gasteiger partial charge in [0.05, 0.1) is 11.1 Å². The molecule has 2 aromatic carbocycles. The van der Waals surface area contributed by atoms with E-state index in [9.17, 15) is 9.18 Å². The number of aryl methyl sites for hydroxylation is 1. The van der Waals surface area contributed by atoms with E-state index < -0.39 is 11.7 Å². The number of aromatic nitrogens is 6. The standard InChI is InChI=1S/C28H28FN9O2/c1-16-12-38(13-17(2)32-16)24-7-6-21(27(39)33-20-9-18-14-37(3)36-25(18)23(29)10-20)26-22(24)11-30-28(34-26)40-15-19-5-4-8-31-35-19/h4-11,14,16-17,32H,12-13,15H2,1-3H3,(H,33,39)/t16-,17-/m0/s1. The number of hydrogen-bond donors (Lipinski definition) is 2. The van der Waals surface area contributed by atoms with Gasteiger partial charge in [-0.15, -0.1) is 0 Å². The summed E-state index contributed by atoms with van der Waals surface area (Å²) in [5.74, 6) is -0.947. The highest BCUT2D eigenvalue weighted by atomic mass is 19.1. The fourth-order valence-electron chi connectivity index (χ4n) is 5.17. The lowest BCUT2D eigenvalue weighted by molar-refractivity contribution is 0.102. The zero-order chi connectivity index (χ0) is 27.8. The van der Waals surface area contributed by atoms with Gasteiger partial charge in [-0.3, -0.25) is 9.48 Å². The van der Waals surface area contributed by atoms with Crippen LogP contribution in [-0.2, 0) is 13.7 Å². The molecule has 40 heavy (non-hydrogen) atoms. The molecule has 1 aliphatic heterocycles. The van der Waals surface area contributed by atoms with Gasteiger partial charge in [-0.25, -0.2) is 9.37 Å². The molecule has 1 amide bonds. The van der Waals surface area contributed by atoms with Crippen molar-refractivity contribution in [3.8, 4) is 6.01 Å². The number of rotatable bonds is 6. The molecule has 2 N–H and O–H groups in total. The van der Waals surface area contributed by atoms with Crippen molar-refractivity contribution in [3.63, 3.8) is 0 Å². The Bertz CT molecular complexity index is 1700. The van der Waals surface area contributed by atoms with E-state index in [1.54, 1.807) is 49.9 Å². The topological polar surface area (TPSA) is 123 Å². The Morgan fingerprint density at radius 3 is 2.77 bits per heavy atom. The maximum absolute atomic E-state index is 14.7. The van der Waals surface area contributed by atoms with Crippen LogP contribution in [0.15, 0.2) is 55.0 Å². The number of hydrogen-bond acceptors (Lipinski definition) is 9. The molecule has 3 aromatic heterocycles. The van der Waals surface area contributed by atoms with E-state index in [1.165, 1.54) is 10.7 Å². The number of carbonyl (C=O) groups excluding carboxylic acids is 1. The van der Waals surface area contributed by atoms with Crippen molar-refractivity contribution in [2.75, 3.05) is 23.3 Å². The van der Waals surface area contributed by atoms with Crippen LogP contribution in [0.2, 0.25) is 0 Å². The summed E-state index contributed by atoms with van der Waals surface area (Å²) in [5, 5.41) is 19.7. The summed E-state index contributed by atoms with van der Waals surface area (Å²) in [4.78, 5) is 24.9. The van der Waals surface area contributed by atoms with E-state index in [4.69, 9.17) is 4.74 Å². The Labute approximate surface area is 229 Å². The molecular formula is C28H28FN9O2. The molecule has 0 radical (unpaired) electrons. The van der Waals surface area contributed by atoms with Crippen molar-refractivity contribution in [2.45, 2.75) is 32.5 Å². The second kappa shape index (κ2) is 10.5. The summed E-state index contributed by atoms with van der Waals surface area (Å²) in [6.07, 6.45) is 4.96. The van der Waals surface area contributed by atoms with Crippen LogP contribution in [0, 0.1) is 5.82 Å². The SMILES string of the molecule is C[C@H]1CN(c2ccc(C(=O)Nc3cc(F)c4nn(C)cc4c3)c3nc(OCc4cccnn4)ncc23)C[C@H](C)N1. The Morgan fingerprint density at radius 1 is 1.18 bits per heavy atom. The van der Waals surface area contributed by atoms with Gasteiger partial charge in [-0.1, -0.05) is 0 Å². The number of nitrogens with one attached hydrogen (secondary N) is 2. The van der Waals surface area contributed by atoms with Crippen molar-refractivity contribution < 1.29 is 13.9 Å². The van der Waals surface area contributed by atoms with E-state index in [-0.39, 0.29) is 30.2 Å². The number of benzene rings is 2. The third kappa shape index (κ3) is 5.13. The fraction of sp³-hybridized carbons (Fsp3) is 0.286. The van der Waals surface area contributed by atoms with E-state index in [0.29, 0.717) is 27.8 Å². The predicted molar refractivity (Wildman–Crippen MR) is 149 cm³/mol. The lowest BCUT2D eigenvalue weighted by Gasteiger charge is -2.38. The van der Waals surface area contributed by atoms with Crippen LogP contribution in [0.25, 0.3) is 21.8 Å². The molecule has 6 rings (SSSR count). The quantitative estimate of drug-likeness (QED) is 0.333. The maximum Gasteiger partial charge on any atom is 0.317 e. The molecule has 2 atom stereocenters. The first-order chi connectivity index (χ1) is 19.3. The lowest BCUT2D eigenvalue weighted by Crippen LogP contribution is -2.54. The summed E-state index contributed by atoms with van der Waals surface area (Å²) < 4.78 is 22.0. The van der Waals surface area contributed by atoms with Gasteiger partial charge in [-0.2, -0.15) is 20.3 Å². The van der Waals surface area contributed by atoms with Crippen molar-refractivity contribution in [2.24, 2.45) is 7.05 Å². The van der Waals surface area contributed by atoms with Crippen molar-refractivity contribution in [3.05, 3.63) is 72.1 Å². The normalized spacial score (nSPS) is 17.4. The summed E-state index contributed by atoms with van der Waals surface area (Å²) >= 11 is 0. The molecule has 0 spiro atoms. The Morgan fingerprint density at radius 2 is 2.00 bits per heavy atom. The van der Waals surface area contributed by atoms with Gasteiger partial charge in [0, 0.05) is 73.0 Å². The van der Waals surface area contributed by atoms with Crippen LogP contribution >= 0.6 is 0 Å². The Kier molecular flexibility index (Phi) is 6.68. The second-order valence-corrected chi connectivity index (χ2v) is 10.1. The number of anilines is 2. The third-order valence-electron chi connectivity index (χ3n) is 6.76. The van der Waals surface area contributed by atoms with Gasteiger partial charge in [0.15, 0.2) is 5.82 Å². The van der Waals surface area contributed by atoms with Gasteiger partial charge in [0.25, 0.3) is 5.91 Å². The number of amides is 1. The molecule has 11 nitrogen and oxygen atoms in total. The smallest absolute Gasteiger partial charge is 0.317 e. The summed E-state index contributed by atoms with van der Waals surface area (Å²) in [6.45, 7) is 5.98. The first-order valence-electron chi connectivity index (χ1n) is 13.0. The number of halogens is 1. The molecule has 0 bridgehead atoms. The molecule has 0 saturated carbocycles. The second-order valence-electron chi connectivity index (χ2n) is 10.1. The summed E-state index contributed by atoms with van der Waals surface area (Å²) in [5.41, 5.74) is 2.85. The molecule has 12 heteroatoms. The maximum atomic E-state index is 14.7. The van der Waals surface area contributed by atoms with Crippen LogP contribution in [0.3, 0.4) is 0 Å². The first kappa shape index (κ1) is 25.6. The van der Waals surface area contributed by atoms with E-state index >= 15 is 0 Å². The number of fused-ring (bicyclic) bond motifs is 2. The van der Waals surface area contributed by atoms with Crippen LogP contribution in [0.5, 0.6) is 6.01 Å². The monoisotopic (exact) mass is 541 g/mol. The molecule has 1 fully saturated rings. The highest BCUT2D eigenvalue weighted by Gasteiger charge is 2.25. The lowest BCUT2D eigenvalue weighted by atomic mass is 10.0. The highest BCUT2D eigenvalue weighted by molar-refractivity contribution is 6.14. The number of carbonyl (C=O) groups is 1. The molecular weight excluding hydrogens is 513 g/mol. The molecule has 0 aliphatic carbocycles. The average molecular weight is 542 g/mol. The van der Waals surface area contributed by atoms with E-state index in [0.717, 1.165) is 24.2 Å². The number of nitrogens with zero attached hydrogens (tertiary/aromatic N) is 7. The molecule has 1 saturated heterocycles. The third-order valence-corrected chi connectivity index (χ3v) is 6.76. The molecule has 1 aliphatic rings. The minimum absolute atomic E-state index is 0.106. The largest absolute Gasteiger partial charge is 0.457 e. The Balaban J connectivity index is 1.37. The van der Waals surface area contributed by atoms with Crippen LogP contribution in [0.1, 0.15) is 29.9 Å². The van der Waals surface area contributed by atoms with Crippen molar-refractivity contribution >= 4 is 39.1 Å². The van der Waals surface area contributed by atoms with Crippen molar-refractivity contribution in [1.82, 2.24) is 35.3 Å². The zero-order valence-corrected chi connectivity index (χ0v) is 22.3. The summed E-state index contributed by atoms with van der Waals surface area (Å²) in [6, 6.07) is 10.8. The Hall–Kier alpha value is -4.71.